The van der Waals surface area contributed by atoms with Gasteiger partial charge in [-0.1, -0.05) is 0 Å². The molecule has 0 saturated carbocycles. The Morgan fingerprint density at radius 2 is 2.25 bits per heavy atom. The van der Waals surface area contributed by atoms with Crippen molar-refractivity contribution in [2.45, 2.75) is 0 Å². The summed E-state index contributed by atoms with van der Waals surface area (Å²) in [5.74, 6) is -0.399. The van der Waals surface area contributed by atoms with Crippen LogP contribution in [0.25, 0.3) is 0 Å². The molecule has 0 fully saturated rings. The Morgan fingerprint density at radius 3 is 2.83 bits per heavy atom. The van der Waals surface area contributed by atoms with Gasteiger partial charge in [-0.25, -0.2) is 0 Å². The van der Waals surface area contributed by atoms with Crippen LogP contribution in [0.3, 0.4) is 0 Å². The minimum atomic E-state index is -0.399. The second-order valence-electron chi connectivity index (χ2n) is 2.20. The molecule has 2 N–H and O–H groups in total. The molecule has 0 aromatic heterocycles. The molecule has 0 heterocycles. The third-order valence-corrected chi connectivity index (χ3v) is 2.82. The molecular formula is C8H8FNOW. The zero-order valence-corrected chi connectivity index (χ0v) is 9.44. The van der Waals surface area contributed by atoms with Crippen LogP contribution in [0.15, 0.2) is 18.2 Å². The van der Waals surface area contributed by atoms with E-state index in [4.69, 9.17) is 10.5 Å². The topological polar surface area (TPSA) is 35.2 Å². The molecule has 0 amide bonds. The normalized spacial score (nSPS) is 9.83. The van der Waals surface area contributed by atoms with E-state index in [1.54, 1.807) is 12.1 Å². The van der Waals surface area contributed by atoms with Crippen molar-refractivity contribution in [3.63, 3.8) is 0 Å². The zero-order chi connectivity index (χ0) is 9.14. The third-order valence-electron chi connectivity index (χ3n) is 1.43. The standard InChI is InChI=1S/C8H8FNO.W/c1-11-5-6-3-2-4-7(10)8(6)9;/h2-4H,10H2,1H3;. The van der Waals surface area contributed by atoms with E-state index in [0.29, 0.717) is 9.65 Å². The first-order valence-corrected chi connectivity index (χ1v) is 4.75. The second kappa shape index (κ2) is 3.92. The predicted molar refractivity (Wildman–Crippen MR) is 41.9 cm³/mol. The summed E-state index contributed by atoms with van der Waals surface area (Å²) in [6, 6.07) is 4.88. The van der Waals surface area contributed by atoms with Gasteiger partial charge in [-0.3, -0.25) is 0 Å². The molecule has 0 aliphatic carbocycles. The Labute approximate surface area is 80.9 Å². The minimum absolute atomic E-state index is 0.156. The molecule has 0 saturated heterocycles. The summed E-state index contributed by atoms with van der Waals surface area (Å²) in [6.07, 6.45) is 0. The number of benzene rings is 1. The van der Waals surface area contributed by atoms with Gasteiger partial charge < -0.3 is 0 Å². The molecule has 1 aromatic rings. The molecule has 0 radical (unpaired) electrons. The number of hydrogen-bond acceptors (Lipinski definition) is 2. The van der Waals surface area contributed by atoms with Crippen molar-refractivity contribution in [2.24, 2.45) is 0 Å². The molecule has 0 bridgehead atoms. The molecule has 0 atom stereocenters. The van der Waals surface area contributed by atoms with Gasteiger partial charge in [0.1, 0.15) is 0 Å². The Hall–Kier alpha value is -0.532. The van der Waals surface area contributed by atoms with Crippen LogP contribution < -0.4 is 5.73 Å². The van der Waals surface area contributed by atoms with E-state index in [2.05, 4.69) is 0 Å². The van der Waals surface area contributed by atoms with Crippen LogP contribution in [-0.2, 0) is 24.1 Å². The molecule has 0 unspecified atom stereocenters. The quantitative estimate of drug-likeness (QED) is 0.820. The van der Waals surface area contributed by atoms with Gasteiger partial charge >= 0.3 is 80.7 Å². The Bertz CT molecular complexity index is 314. The SMILES string of the molecule is CO[C](=[W])c1cccc(N)c1F. The summed E-state index contributed by atoms with van der Waals surface area (Å²) >= 11 is 1.08. The summed E-state index contributed by atoms with van der Waals surface area (Å²) in [5, 5.41) is 0. The fourth-order valence-electron chi connectivity index (χ4n) is 0.817. The zero-order valence-electron chi connectivity index (χ0n) is 6.50. The fraction of sp³-hybridized carbons (Fsp3) is 0.125. The van der Waals surface area contributed by atoms with Gasteiger partial charge in [0, 0.05) is 0 Å². The van der Waals surface area contributed by atoms with E-state index in [-0.39, 0.29) is 5.69 Å². The Balaban J connectivity index is 3.16. The number of hydrogen-bond donors (Lipinski definition) is 1. The second-order valence-corrected chi connectivity index (χ2v) is 3.53. The summed E-state index contributed by atoms with van der Waals surface area (Å²) < 4.78 is 18.8. The van der Waals surface area contributed by atoms with E-state index >= 15 is 0 Å². The Morgan fingerprint density at radius 1 is 1.58 bits per heavy atom. The number of ether oxygens (including phenoxy) is 1. The average molecular weight is 337 g/mol. The van der Waals surface area contributed by atoms with E-state index < -0.39 is 5.82 Å². The van der Waals surface area contributed by atoms with E-state index in [0.717, 1.165) is 19.4 Å². The van der Waals surface area contributed by atoms with Crippen molar-refractivity contribution in [2.75, 3.05) is 12.8 Å². The molecule has 0 aliphatic rings. The van der Waals surface area contributed by atoms with Crippen molar-refractivity contribution < 1.29 is 28.5 Å². The van der Waals surface area contributed by atoms with E-state index in [1.807, 2.05) is 0 Å². The molecule has 64 valence electrons. The number of rotatable bonds is 2. The molecular weight excluding hydrogens is 329 g/mol. The molecule has 1 rings (SSSR count). The summed E-state index contributed by atoms with van der Waals surface area (Å²) in [5.41, 5.74) is 5.99. The molecule has 4 heteroatoms. The van der Waals surface area contributed by atoms with Crippen LogP contribution in [0.1, 0.15) is 5.56 Å². The van der Waals surface area contributed by atoms with Gasteiger partial charge in [0.15, 0.2) is 0 Å². The number of nitrogen functional groups attached to an aromatic ring is 1. The summed E-state index contributed by atoms with van der Waals surface area (Å²) in [4.78, 5) is 0. The van der Waals surface area contributed by atoms with E-state index in [9.17, 15) is 4.39 Å². The number of nitrogens with two attached hydrogens (primary N) is 1. The van der Waals surface area contributed by atoms with Crippen molar-refractivity contribution >= 4 is 9.77 Å². The van der Waals surface area contributed by atoms with Gasteiger partial charge in [-0.2, -0.15) is 0 Å². The molecule has 0 spiro atoms. The summed E-state index contributed by atoms with van der Waals surface area (Å²) in [7, 11) is 1.52. The van der Waals surface area contributed by atoms with Crippen molar-refractivity contribution in [1.29, 1.82) is 0 Å². The first-order chi connectivity index (χ1) is 5.66. The van der Waals surface area contributed by atoms with Crippen LogP contribution in [0.5, 0.6) is 0 Å². The average Bonchev–Trinajstić information content (AvgIpc) is 2.08. The van der Waals surface area contributed by atoms with Crippen LogP contribution in [0.4, 0.5) is 10.1 Å². The van der Waals surface area contributed by atoms with Gasteiger partial charge in [-0.15, -0.1) is 0 Å². The number of methoxy groups -OCH3 is 1. The number of halogens is 1. The first-order valence-electron chi connectivity index (χ1n) is 3.29. The molecule has 2 nitrogen and oxygen atoms in total. The molecule has 0 aliphatic heterocycles. The van der Waals surface area contributed by atoms with Gasteiger partial charge in [0.05, 0.1) is 0 Å². The monoisotopic (exact) mass is 337 g/mol. The Kier molecular flexibility index (Phi) is 3.12. The third kappa shape index (κ3) is 1.79. The first kappa shape index (κ1) is 9.56. The van der Waals surface area contributed by atoms with Gasteiger partial charge in [-0.05, 0) is 0 Å². The van der Waals surface area contributed by atoms with E-state index in [1.165, 1.54) is 13.2 Å². The molecule has 1 aromatic carbocycles. The maximum atomic E-state index is 13.2. The van der Waals surface area contributed by atoms with Crippen molar-refractivity contribution in [3.05, 3.63) is 29.6 Å². The van der Waals surface area contributed by atoms with Crippen molar-refractivity contribution in [3.8, 4) is 0 Å². The number of anilines is 1. The van der Waals surface area contributed by atoms with Crippen LogP contribution >= 0.6 is 0 Å². The fourth-order valence-corrected chi connectivity index (χ4v) is 1.38. The predicted octanol–water partition coefficient (Wildman–Crippen LogP) is 1.08. The molecule has 12 heavy (non-hydrogen) atoms. The van der Waals surface area contributed by atoms with Gasteiger partial charge in [0.2, 0.25) is 0 Å². The van der Waals surface area contributed by atoms with Crippen LogP contribution in [0.2, 0.25) is 0 Å². The van der Waals surface area contributed by atoms with Gasteiger partial charge in [0.25, 0.3) is 0 Å². The maximum absolute atomic E-state index is 13.2. The van der Waals surface area contributed by atoms with Crippen LogP contribution in [0, 0.1) is 5.82 Å². The van der Waals surface area contributed by atoms with Crippen LogP contribution in [-0.4, -0.2) is 11.2 Å². The summed E-state index contributed by atoms with van der Waals surface area (Å²) in [6.45, 7) is 0. The van der Waals surface area contributed by atoms with Crippen molar-refractivity contribution in [1.82, 2.24) is 0 Å².